The smallest absolute Gasteiger partial charge is 0.412 e. The minimum absolute atomic E-state index is 0.242. The third kappa shape index (κ3) is 2.09. The van der Waals surface area contributed by atoms with Crippen molar-refractivity contribution >= 4 is 0 Å². The molecule has 0 saturated heterocycles. The van der Waals surface area contributed by atoms with Crippen molar-refractivity contribution in [2.75, 3.05) is 0 Å². The monoisotopic (exact) mass is 195 g/mol. The maximum atomic E-state index is 12.6. The summed E-state index contributed by atoms with van der Waals surface area (Å²) in [6, 6.07) is 2.14. The van der Waals surface area contributed by atoms with E-state index in [2.05, 4.69) is 10.7 Å². The Bertz CT molecular complexity index is 310. The summed E-state index contributed by atoms with van der Waals surface area (Å²) in [5, 5.41) is 0. The maximum Gasteiger partial charge on any atom is 0.419 e. The zero-order valence-corrected chi connectivity index (χ0v) is 6.23. The highest BCUT2D eigenvalue weighted by Gasteiger charge is 2.34. The van der Waals surface area contributed by atoms with Crippen LogP contribution in [0.4, 0.5) is 17.6 Å². The van der Waals surface area contributed by atoms with Crippen LogP contribution < -0.4 is 10.7 Å². The molecule has 0 bridgehead atoms. The number of hydrogen-bond acceptors (Lipinski definition) is 2. The highest BCUT2D eigenvalue weighted by molar-refractivity contribution is 5.31. The van der Waals surface area contributed by atoms with Crippen molar-refractivity contribution in [2.24, 2.45) is 5.90 Å². The van der Waals surface area contributed by atoms with Gasteiger partial charge in [0.15, 0.2) is 0 Å². The summed E-state index contributed by atoms with van der Waals surface area (Å²) in [7, 11) is 0. The lowest BCUT2D eigenvalue weighted by Gasteiger charge is -2.08. The number of hydrogen-bond donors (Lipinski definition) is 1. The van der Waals surface area contributed by atoms with Gasteiger partial charge in [0, 0.05) is 0 Å². The largest absolute Gasteiger partial charge is 0.419 e. The van der Waals surface area contributed by atoms with Gasteiger partial charge < -0.3 is 4.84 Å². The lowest BCUT2D eigenvalue weighted by atomic mass is 10.2. The van der Waals surface area contributed by atoms with Gasteiger partial charge in [-0.2, -0.15) is 19.1 Å². The Morgan fingerprint density at radius 3 is 2.31 bits per heavy atom. The molecule has 1 rings (SSSR count). The van der Waals surface area contributed by atoms with E-state index in [4.69, 9.17) is 0 Å². The van der Waals surface area contributed by atoms with E-state index < -0.39 is 17.6 Å². The number of alkyl halides is 3. The second-order valence-corrected chi connectivity index (χ2v) is 2.26. The van der Waals surface area contributed by atoms with Gasteiger partial charge in [0.2, 0.25) is 0 Å². The first kappa shape index (κ1) is 9.79. The van der Waals surface area contributed by atoms with Crippen LogP contribution in [-0.4, -0.2) is 0 Å². The van der Waals surface area contributed by atoms with Crippen molar-refractivity contribution in [2.45, 2.75) is 6.18 Å². The topological polar surface area (TPSA) is 35.2 Å². The first-order valence-corrected chi connectivity index (χ1v) is 3.18. The van der Waals surface area contributed by atoms with E-state index in [0.29, 0.717) is 12.1 Å². The van der Waals surface area contributed by atoms with Gasteiger partial charge in [-0.1, -0.05) is 0 Å². The summed E-state index contributed by atoms with van der Waals surface area (Å²) >= 11 is 0. The average molecular weight is 195 g/mol. The first-order valence-electron chi connectivity index (χ1n) is 3.18. The van der Waals surface area contributed by atoms with E-state index in [-0.39, 0.29) is 5.75 Å². The molecule has 0 aliphatic rings. The molecule has 2 N–H and O–H groups in total. The molecule has 0 fully saturated rings. The molecular weight excluding hydrogens is 190 g/mol. The number of rotatable bonds is 1. The zero-order chi connectivity index (χ0) is 10.1. The molecule has 2 nitrogen and oxygen atoms in total. The van der Waals surface area contributed by atoms with Gasteiger partial charge in [-0.05, 0) is 18.2 Å². The number of nitrogens with two attached hydrogens (primary N) is 1. The van der Waals surface area contributed by atoms with Gasteiger partial charge >= 0.3 is 6.18 Å². The van der Waals surface area contributed by atoms with Crippen LogP contribution in [0.25, 0.3) is 0 Å². The van der Waals surface area contributed by atoms with E-state index >= 15 is 0 Å². The molecule has 0 atom stereocenters. The molecule has 0 aliphatic carbocycles. The third-order valence-corrected chi connectivity index (χ3v) is 1.38. The first-order chi connectivity index (χ1) is 5.95. The predicted octanol–water partition coefficient (Wildman–Crippen LogP) is 2.10. The minimum Gasteiger partial charge on any atom is -0.412 e. The third-order valence-electron chi connectivity index (χ3n) is 1.38. The van der Waals surface area contributed by atoms with Crippen LogP contribution >= 0.6 is 0 Å². The van der Waals surface area contributed by atoms with Crippen LogP contribution in [0, 0.1) is 5.82 Å². The van der Waals surface area contributed by atoms with E-state index in [1.807, 2.05) is 0 Å². The van der Waals surface area contributed by atoms with Gasteiger partial charge in [0.1, 0.15) is 11.6 Å². The van der Waals surface area contributed by atoms with Crippen molar-refractivity contribution in [3.8, 4) is 5.75 Å². The summed E-state index contributed by atoms with van der Waals surface area (Å²) in [6.07, 6.45) is -4.74. The van der Waals surface area contributed by atoms with Gasteiger partial charge in [-0.25, -0.2) is 4.39 Å². The van der Waals surface area contributed by atoms with Gasteiger partial charge in [-0.3, -0.25) is 0 Å². The Labute approximate surface area is 70.9 Å². The molecule has 13 heavy (non-hydrogen) atoms. The van der Waals surface area contributed by atoms with Crippen LogP contribution in [-0.2, 0) is 6.18 Å². The Balaban J connectivity index is 3.19. The molecule has 0 saturated carbocycles. The minimum atomic E-state index is -4.74. The van der Waals surface area contributed by atoms with Crippen molar-refractivity contribution in [3.05, 3.63) is 29.6 Å². The van der Waals surface area contributed by atoms with Crippen molar-refractivity contribution in [3.63, 3.8) is 0 Å². The molecular formula is C7H5F4NO. The normalized spacial score (nSPS) is 11.5. The molecule has 72 valence electrons. The Morgan fingerprint density at radius 2 is 1.85 bits per heavy atom. The predicted molar refractivity (Wildman–Crippen MR) is 36.2 cm³/mol. The summed E-state index contributed by atoms with van der Waals surface area (Å²) in [6.45, 7) is 0. The second-order valence-electron chi connectivity index (χ2n) is 2.26. The van der Waals surface area contributed by atoms with Crippen LogP contribution in [0.15, 0.2) is 18.2 Å². The summed E-state index contributed by atoms with van der Waals surface area (Å²) < 4.78 is 48.7. The van der Waals surface area contributed by atoms with E-state index in [0.717, 1.165) is 6.07 Å². The molecule has 0 spiro atoms. The van der Waals surface area contributed by atoms with E-state index in [1.165, 1.54) is 0 Å². The molecule has 1 aromatic carbocycles. The average Bonchev–Trinajstić information content (AvgIpc) is 2.03. The van der Waals surface area contributed by atoms with Crippen LogP contribution in [0.2, 0.25) is 0 Å². The van der Waals surface area contributed by atoms with Gasteiger partial charge in [-0.15, -0.1) is 0 Å². The fraction of sp³-hybridized carbons (Fsp3) is 0.143. The fourth-order valence-electron chi connectivity index (χ4n) is 0.795. The van der Waals surface area contributed by atoms with Crippen molar-refractivity contribution < 1.29 is 22.4 Å². The summed E-state index contributed by atoms with van der Waals surface area (Å²) in [5.74, 6) is 3.03. The summed E-state index contributed by atoms with van der Waals surface area (Å²) in [4.78, 5) is 4.04. The molecule has 6 heteroatoms. The Kier molecular flexibility index (Phi) is 2.42. The zero-order valence-electron chi connectivity index (χ0n) is 6.23. The van der Waals surface area contributed by atoms with Crippen molar-refractivity contribution in [1.29, 1.82) is 0 Å². The van der Waals surface area contributed by atoms with Crippen molar-refractivity contribution in [1.82, 2.24) is 0 Å². The Hall–Kier alpha value is -1.30. The summed E-state index contributed by atoms with van der Waals surface area (Å²) in [5.41, 5.74) is -1.39. The highest BCUT2D eigenvalue weighted by atomic mass is 19.4. The SMILES string of the molecule is NOc1ccc(F)c(C(F)(F)F)c1. The van der Waals surface area contributed by atoms with Crippen LogP contribution in [0.5, 0.6) is 5.75 Å². The molecule has 0 heterocycles. The molecule has 0 unspecified atom stereocenters. The van der Waals surface area contributed by atoms with Crippen LogP contribution in [0.3, 0.4) is 0 Å². The van der Waals surface area contributed by atoms with Gasteiger partial charge in [0.05, 0.1) is 5.56 Å². The standard InChI is InChI=1S/C7H5F4NO/c8-6-2-1-4(13-12)3-5(6)7(9,10)11/h1-3H,12H2. The number of benzene rings is 1. The number of halogens is 4. The van der Waals surface area contributed by atoms with Gasteiger partial charge in [0.25, 0.3) is 0 Å². The second kappa shape index (κ2) is 3.21. The molecule has 0 aliphatic heterocycles. The molecule has 1 aromatic rings. The Morgan fingerprint density at radius 1 is 1.23 bits per heavy atom. The van der Waals surface area contributed by atoms with Crippen LogP contribution in [0.1, 0.15) is 5.56 Å². The lowest BCUT2D eigenvalue weighted by Crippen LogP contribution is -2.10. The quantitative estimate of drug-likeness (QED) is 0.550. The maximum absolute atomic E-state index is 12.6. The van der Waals surface area contributed by atoms with E-state index in [1.54, 1.807) is 0 Å². The lowest BCUT2D eigenvalue weighted by molar-refractivity contribution is -0.140. The molecule has 0 aromatic heterocycles. The van der Waals surface area contributed by atoms with E-state index in [9.17, 15) is 17.6 Å². The molecule has 0 amide bonds. The molecule has 0 radical (unpaired) electrons. The highest BCUT2D eigenvalue weighted by Crippen LogP contribution is 2.33. The fourth-order valence-corrected chi connectivity index (χ4v) is 0.795.